The number of hydrazine groups is 1. The summed E-state index contributed by atoms with van der Waals surface area (Å²) in [6, 6.07) is 12.8. The van der Waals surface area contributed by atoms with Gasteiger partial charge < -0.3 is 0 Å². The van der Waals surface area contributed by atoms with Crippen molar-refractivity contribution in [3.63, 3.8) is 0 Å². The fourth-order valence-electron chi connectivity index (χ4n) is 2.83. The molecule has 0 aromatic heterocycles. The van der Waals surface area contributed by atoms with Gasteiger partial charge in [-0.2, -0.15) is 4.53 Å². The topological polar surface area (TPSA) is 40.6 Å². The minimum absolute atomic E-state index is 0.321. The van der Waals surface area contributed by atoms with Crippen LogP contribution < -0.4 is 0 Å². The minimum atomic E-state index is -0.685. The number of halogens is 1. The fourth-order valence-corrected chi connectivity index (χ4v) is 3.21. The average molecular weight is 387 g/mol. The molecule has 0 spiro atoms. The highest BCUT2D eigenvalue weighted by Gasteiger charge is 2.36. The molecule has 0 fully saturated rings. The number of benzene rings is 2. The van der Waals surface area contributed by atoms with E-state index >= 15 is 0 Å². The molecule has 2 amide bonds. The van der Waals surface area contributed by atoms with Crippen molar-refractivity contribution >= 4 is 23.6 Å². The molecule has 2 aromatic rings. The fraction of sp³-hybridized carbons (Fsp3) is 0.364. The SMILES string of the molecule is CCc1ccc(C(=O)N(N(Cl)C(=O)c2cccc(C)c2C)C(C)(C)C)cc1. The molecule has 27 heavy (non-hydrogen) atoms. The van der Waals surface area contributed by atoms with Gasteiger partial charge in [-0.1, -0.05) is 31.2 Å². The molecule has 0 heterocycles. The summed E-state index contributed by atoms with van der Waals surface area (Å²) < 4.78 is 0.915. The summed E-state index contributed by atoms with van der Waals surface area (Å²) in [5, 5.41) is 1.31. The second-order valence-electron chi connectivity index (χ2n) is 7.65. The molecule has 144 valence electrons. The number of hydrogen-bond acceptors (Lipinski definition) is 2. The lowest BCUT2D eigenvalue weighted by Crippen LogP contribution is -2.54. The lowest BCUT2D eigenvalue weighted by molar-refractivity contribution is -0.00374. The molecule has 0 radical (unpaired) electrons. The third kappa shape index (κ3) is 4.51. The zero-order valence-electron chi connectivity index (χ0n) is 16.8. The van der Waals surface area contributed by atoms with E-state index in [0.717, 1.165) is 27.6 Å². The van der Waals surface area contributed by atoms with Gasteiger partial charge >= 0.3 is 0 Å². The summed E-state index contributed by atoms with van der Waals surface area (Å²) in [5.74, 6) is -0.745. The Morgan fingerprint density at radius 3 is 2.07 bits per heavy atom. The van der Waals surface area contributed by atoms with Crippen molar-refractivity contribution < 1.29 is 9.59 Å². The summed E-state index contributed by atoms with van der Waals surface area (Å²) in [4.78, 5) is 26.2. The van der Waals surface area contributed by atoms with E-state index in [4.69, 9.17) is 11.8 Å². The maximum Gasteiger partial charge on any atom is 0.288 e. The molecular weight excluding hydrogens is 360 g/mol. The predicted octanol–water partition coefficient (Wildman–Crippen LogP) is 5.32. The van der Waals surface area contributed by atoms with Crippen molar-refractivity contribution in [3.05, 3.63) is 70.3 Å². The van der Waals surface area contributed by atoms with Gasteiger partial charge in [-0.15, -0.1) is 0 Å². The number of nitrogens with zero attached hydrogens (tertiary/aromatic N) is 2. The van der Waals surface area contributed by atoms with Crippen LogP contribution in [0.3, 0.4) is 0 Å². The quantitative estimate of drug-likeness (QED) is 0.529. The van der Waals surface area contributed by atoms with Gasteiger partial charge in [0.05, 0.1) is 5.54 Å². The van der Waals surface area contributed by atoms with Crippen LogP contribution in [0.5, 0.6) is 0 Å². The van der Waals surface area contributed by atoms with E-state index in [2.05, 4.69) is 6.92 Å². The molecule has 5 heteroatoms. The molecule has 0 unspecified atom stereocenters. The molecule has 0 aliphatic carbocycles. The minimum Gasteiger partial charge on any atom is -0.267 e. The second-order valence-corrected chi connectivity index (χ2v) is 7.97. The lowest BCUT2D eigenvalue weighted by Gasteiger charge is -2.39. The highest BCUT2D eigenvalue weighted by molar-refractivity contribution is 6.25. The lowest BCUT2D eigenvalue weighted by atomic mass is 10.0. The van der Waals surface area contributed by atoms with E-state index in [1.807, 2.05) is 58.9 Å². The maximum absolute atomic E-state index is 13.2. The van der Waals surface area contributed by atoms with Gasteiger partial charge in [-0.3, -0.25) is 9.59 Å². The van der Waals surface area contributed by atoms with Crippen LogP contribution in [-0.2, 0) is 6.42 Å². The Hall–Kier alpha value is -2.33. The molecule has 0 aliphatic heterocycles. The third-order valence-corrected chi connectivity index (χ3v) is 4.92. The number of carbonyl (C=O) groups excluding carboxylic acids is 2. The van der Waals surface area contributed by atoms with E-state index in [1.165, 1.54) is 5.01 Å². The zero-order valence-corrected chi connectivity index (χ0v) is 17.6. The van der Waals surface area contributed by atoms with Gasteiger partial charge in [0.1, 0.15) is 0 Å². The van der Waals surface area contributed by atoms with Crippen molar-refractivity contribution in [2.75, 3.05) is 0 Å². The molecule has 0 aliphatic rings. The second kappa shape index (κ2) is 8.13. The highest BCUT2D eigenvalue weighted by Crippen LogP contribution is 2.25. The van der Waals surface area contributed by atoms with E-state index in [-0.39, 0.29) is 5.91 Å². The highest BCUT2D eigenvalue weighted by atomic mass is 35.5. The Balaban J connectivity index is 2.41. The van der Waals surface area contributed by atoms with Crippen molar-refractivity contribution in [1.82, 2.24) is 9.54 Å². The molecule has 2 aromatic carbocycles. The molecule has 4 nitrogen and oxygen atoms in total. The third-order valence-electron chi connectivity index (χ3n) is 4.62. The van der Waals surface area contributed by atoms with E-state index < -0.39 is 11.4 Å². The smallest absolute Gasteiger partial charge is 0.267 e. The Kier molecular flexibility index (Phi) is 6.32. The first kappa shape index (κ1) is 21.0. The van der Waals surface area contributed by atoms with E-state index in [1.54, 1.807) is 18.2 Å². The predicted molar refractivity (Wildman–Crippen MR) is 110 cm³/mol. The number of amides is 2. The summed E-state index contributed by atoms with van der Waals surface area (Å²) >= 11 is 6.43. The molecule has 0 N–H and O–H groups in total. The van der Waals surface area contributed by atoms with Crippen molar-refractivity contribution in [2.24, 2.45) is 0 Å². The molecule has 0 bridgehead atoms. The van der Waals surface area contributed by atoms with Gasteiger partial charge in [0.2, 0.25) is 0 Å². The molecular formula is C22H27ClN2O2. The molecule has 0 saturated carbocycles. The van der Waals surface area contributed by atoms with Gasteiger partial charge in [-0.05, 0) is 75.9 Å². The Labute approximate surface area is 166 Å². The van der Waals surface area contributed by atoms with Crippen LogP contribution in [0, 0.1) is 13.8 Å². The van der Waals surface area contributed by atoms with Crippen LogP contribution in [-0.4, -0.2) is 26.9 Å². The monoisotopic (exact) mass is 386 g/mol. The van der Waals surface area contributed by atoms with Crippen LogP contribution in [0.25, 0.3) is 0 Å². The summed E-state index contributed by atoms with van der Waals surface area (Å²) in [7, 11) is 0. The van der Waals surface area contributed by atoms with Gasteiger partial charge in [0.25, 0.3) is 11.8 Å². The van der Waals surface area contributed by atoms with Crippen molar-refractivity contribution in [3.8, 4) is 0 Å². The first-order valence-corrected chi connectivity index (χ1v) is 9.41. The van der Waals surface area contributed by atoms with Crippen LogP contribution in [0.15, 0.2) is 42.5 Å². The van der Waals surface area contributed by atoms with E-state index in [0.29, 0.717) is 11.1 Å². The largest absolute Gasteiger partial charge is 0.288 e. The average Bonchev–Trinajstić information content (AvgIpc) is 2.62. The van der Waals surface area contributed by atoms with Crippen LogP contribution in [0.4, 0.5) is 0 Å². The Morgan fingerprint density at radius 2 is 1.56 bits per heavy atom. The maximum atomic E-state index is 13.2. The summed E-state index contributed by atoms with van der Waals surface area (Å²) in [5.41, 5.74) is 3.27. The standard InChI is InChI=1S/C22H27ClN2O2/c1-7-17-11-13-18(14-12-17)20(26)24(22(4,5)6)25(23)21(27)19-10-8-9-15(2)16(19)3/h8-14H,7H2,1-6H3. The molecule has 0 atom stereocenters. The zero-order chi connectivity index (χ0) is 20.4. The number of carbonyl (C=O) groups is 2. The van der Waals surface area contributed by atoms with Gasteiger partial charge in [-0.25, -0.2) is 5.01 Å². The van der Waals surface area contributed by atoms with Crippen LogP contribution >= 0.6 is 11.8 Å². The Morgan fingerprint density at radius 1 is 0.963 bits per heavy atom. The first-order chi connectivity index (χ1) is 12.6. The van der Waals surface area contributed by atoms with Gasteiger partial charge in [0, 0.05) is 22.9 Å². The first-order valence-electron chi connectivity index (χ1n) is 9.07. The molecule has 0 saturated heterocycles. The van der Waals surface area contributed by atoms with Crippen molar-refractivity contribution in [2.45, 2.75) is 53.5 Å². The van der Waals surface area contributed by atoms with Crippen molar-refractivity contribution in [1.29, 1.82) is 0 Å². The Bertz CT molecular complexity index is 838. The number of hydrogen-bond donors (Lipinski definition) is 0. The van der Waals surface area contributed by atoms with Crippen LogP contribution in [0.1, 0.15) is 65.1 Å². The normalized spacial score (nSPS) is 11.2. The molecule has 2 rings (SSSR count). The summed E-state index contributed by atoms with van der Waals surface area (Å²) in [6.07, 6.45) is 0.893. The van der Waals surface area contributed by atoms with E-state index in [9.17, 15) is 9.59 Å². The van der Waals surface area contributed by atoms with Crippen LogP contribution in [0.2, 0.25) is 0 Å². The summed E-state index contributed by atoms with van der Waals surface area (Å²) in [6.45, 7) is 11.4. The van der Waals surface area contributed by atoms with Gasteiger partial charge in [0.15, 0.2) is 0 Å². The number of rotatable bonds is 3. The number of aryl methyl sites for hydroxylation is 2.